The largest absolute Gasteiger partial charge is 0.379 e. The van der Waals surface area contributed by atoms with Crippen LogP contribution in [0.5, 0.6) is 0 Å². The lowest BCUT2D eigenvalue weighted by Crippen LogP contribution is -2.49. The van der Waals surface area contributed by atoms with Gasteiger partial charge in [0.1, 0.15) is 0 Å². The molecule has 0 aliphatic carbocycles. The predicted molar refractivity (Wildman–Crippen MR) is 130 cm³/mol. The molecule has 0 amide bonds. The van der Waals surface area contributed by atoms with Crippen LogP contribution in [0.2, 0.25) is 0 Å². The molecule has 0 spiro atoms. The Morgan fingerprint density at radius 1 is 0.871 bits per heavy atom. The van der Waals surface area contributed by atoms with Gasteiger partial charge in [-0.2, -0.15) is 0 Å². The molecule has 166 valence electrons. The number of rotatable bonds is 6. The molecule has 5 heteroatoms. The van der Waals surface area contributed by atoms with E-state index in [1.165, 1.54) is 72.0 Å². The lowest BCUT2D eigenvalue weighted by atomic mass is 10.0. The standard InChI is InChI=1S/C26H35N3OS/c1-21-8-9-26-24(20-21)29(23-6-2-3-7-25(23)31-26)13-5-4-12-27-14-10-22(11-15-27)28-16-18-30-19-17-28/h2-3,6-9,20,22H,4-5,10-19H2,1H3. The SMILES string of the molecule is Cc1ccc2c(c1)N(CCCCN1CCC(N3CCOCC3)CC1)c1ccccc1S2. The van der Waals surface area contributed by atoms with Gasteiger partial charge in [-0.25, -0.2) is 0 Å². The maximum absolute atomic E-state index is 5.52. The topological polar surface area (TPSA) is 19.0 Å². The van der Waals surface area contributed by atoms with Crippen LogP contribution in [0.4, 0.5) is 11.4 Å². The van der Waals surface area contributed by atoms with E-state index in [9.17, 15) is 0 Å². The van der Waals surface area contributed by atoms with E-state index in [0.29, 0.717) is 0 Å². The molecule has 3 heterocycles. The fourth-order valence-corrected chi connectivity index (χ4v) is 6.31. The number of piperidine rings is 1. The van der Waals surface area contributed by atoms with Crippen molar-refractivity contribution in [2.75, 3.05) is 57.4 Å². The van der Waals surface area contributed by atoms with Crippen molar-refractivity contribution >= 4 is 23.1 Å². The average molecular weight is 438 g/mol. The Labute approximate surface area is 191 Å². The molecule has 0 unspecified atom stereocenters. The number of benzene rings is 2. The summed E-state index contributed by atoms with van der Waals surface area (Å²) in [5, 5.41) is 0. The van der Waals surface area contributed by atoms with Gasteiger partial charge in [0.25, 0.3) is 0 Å². The van der Waals surface area contributed by atoms with Crippen LogP contribution in [0.1, 0.15) is 31.2 Å². The fraction of sp³-hybridized carbons (Fsp3) is 0.538. The Kier molecular flexibility index (Phi) is 6.84. The third kappa shape index (κ3) is 4.95. The molecule has 0 bridgehead atoms. The van der Waals surface area contributed by atoms with E-state index in [1.54, 1.807) is 0 Å². The Hall–Kier alpha value is -1.53. The van der Waals surface area contributed by atoms with Crippen molar-refractivity contribution in [2.24, 2.45) is 0 Å². The first-order chi connectivity index (χ1) is 15.3. The first-order valence-electron chi connectivity index (χ1n) is 12.0. The van der Waals surface area contributed by atoms with Crippen molar-refractivity contribution < 1.29 is 4.74 Å². The molecule has 2 aromatic carbocycles. The number of hydrogen-bond acceptors (Lipinski definition) is 5. The zero-order valence-corrected chi connectivity index (χ0v) is 19.6. The second-order valence-corrected chi connectivity index (χ2v) is 10.2. The average Bonchev–Trinajstić information content (AvgIpc) is 2.82. The normalized spacial score (nSPS) is 20.5. The van der Waals surface area contributed by atoms with Gasteiger partial charge in [0.05, 0.1) is 24.6 Å². The first-order valence-corrected chi connectivity index (χ1v) is 12.8. The predicted octanol–water partition coefficient (Wildman–Crippen LogP) is 5.17. The van der Waals surface area contributed by atoms with E-state index in [0.717, 1.165) is 38.9 Å². The third-order valence-electron chi connectivity index (χ3n) is 7.01. The summed E-state index contributed by atoms with van der Waals surface area (Å²) in [7, 11) is 0. The first kappa shape index (κ1) is 21.3. The molecule has 0 saturated carbocycles. The number of hydrogen-bond donors (Lipinski definition) is 0. The molecule has 3 aliphatic rings. The van der Waals surface area contributed by atoms with Crippen molar-refractivity contribution in [1.82, 2.24) is 9.80 Å². The molecule has 2 saturated heterocycles. The van der Waals surface area contributed by atoms with Gasteiger partial charge in [0.15, 0.2) is 0 Å². The molecular weight excluding hydrogens is 402 g/mol. The van der Waals surface area contributed by atoms with E-state index in [-0.39, 0.29) is 0 Å². The lowest BCUT2D eigenvalue weighted by Gasteiger charge is -2.40. The Balaban J connectivity index is 1.13. The molecule has 0 aromatic heterocycles. The molecule has 0 atom stereocenters. The van der Waals surface area contributed by atoms with Crippen LogP contribution in [0, 0.1) is 6.92 Å². The molecule has 0 radical (unpaired) electrons. The van der Waals surface area contributed by atoms with E-state index in [2.05, 4.69) is 64.1 Å². The van der Waals surface area contributed by atoms with Gasteiger partial charge in [-0.15, -0.1) is 0 Å². The number of nitrogens with zero attached hydrogens (tertiary/aromatic N) is 3. The number of para-hydroxylation sites is 1. The zero-order valence-electron chi connectivity index (χ0n) is 18.8. The van der Waals surface area contributed by atoms with Gasteiger partial charge in [-0.3, -0.25) is 4.90 Å². The fourth-order valence-electron chi connectivity index (χ4n) is 5.24. The maximum Gasteiger partial charge on any atom is 0.0594 e. The summed E-state index contributed by atoms with van der Waals surface area (Å²) in [5.74, 6) is 0. The number of unbranched alkanes of at least 4 members (excludes halogenated alkanes) is 1. The maximum atomic E-state index is 5.52. The van der Waals surface area contributed by atoms with Crippen molar-refractivity contribution in [3.63, 3.8) is 0 Å². The zero-order chi connectivity index (χ0) is 21.0. The van der Waals surface area contributed by atoms with E-state index >= 15 is 0 Å². The van der Waals surface area contributed by atoms with E-state index < -0.39 is 0 Å². The highest BCUT2D eigenvalue weighted by Gasteiger charge is 2.26. The number of ether oxygens (including phenoxy) is 1. The minimum absolute atomic E-state index is 0.780. The molecule has 2 fully saturated rings. The number of fused-ring (bicyclic) bond motifs is 2. The summed E-state index contributed by atoms with van der Waals surface area (Å²) >= 11 is 1.91. The molecule has 31 heavy (non-hydrogen) atoms. The van der Waals surface area contributed by atoms with Gasteiger partial charge in [-0.05, 0) is 82.1 Å². The number of likely N-dealkylation sites (tertiary alicyclic amines) is 1. The summed E-state index contributed by atoms with van der Waals surface area (Å²) in [5.41, 5.74) is 4.10. The minimum atomic E-state index is 0.780. The van der Waals surface area contributed by atoms with Gasteiger partial charge in [0.2, 0.25) is 0 Å². The van der Waals surface area contributed by atoms with Crippen molar-refractivity contribution in [3.05, 3.63) is 48.0 Å². The highest BCUT2D eigenvalue weighted by atomic mass is 32.2. The van der Waals surface area contributed by atoms with Crippen LogP contribution in [0.3, 0.4) is 0 Å². The number of anilines is 2. The van der Waals surface area contributed by atoms with Gasteiger partial charge < -0.3 is 14.5 Å². The molecule has 3 aliphatic heterocycles. The molecule has 5 rings (SSSR count). The van der Waals surface area contributed by atoms with Crippen molar-refractivity contribution in [2.45, 2.75) is 48.4 Å². The van der Waals surface area contributed by atoms with Gasteiger partial charge >= 0.3 is 0 Å². The number of aryl methyl sites for hydroxylation is 1. The van der Waals surface area contributed by atoms with Crippen LogP contribution < -0.4 is 4.90 Å². The molecule has 0 N–H and O–H groups in total. The summed E-state index contributed by atoms with van der Waals surface area (Å²) in [6.07, 6.45) is 5.15. The van der Waals surface area contributed by atoms with Crippen molar-refractivity contribution in [1.29, 1.82) is 0 Å². The van der Waals surface area contributed by atoms with E-state index in [4.69, 9.17) is 4.74 Å². The Morgan fingerprint density at radius 2 is 1.61 bits per heavy atom. The molecule has 2 aromatic rings. The summed E-state index contributed by atoms with van der Waals surface area (Å²) in [6.45, 7) is 11.1. The molecule has 4 nitrogen and oxygen atoms in total. The van der Waals surface area contributed by atoms with Crippen LogP contribution in [0.25, 0.3) is 0 Å². The van der Waals surface area contributed by atoms with Crippen LogP contribution in [-0.4, -0.2) is 68.3 Å². The van der Waals surface area contributed by atoms with Crippen LogP contribution in [0.15, 0.2) is 52.3 Å². The second-order valence-electron chi connectivity index (χ2n) is 9.12. The third-order valence-corrected chi connectivity index (χ3v) is 8.14. The lowest BCUT2D eigenvalue weighted by molar-refractivity contribution is 0.000827. The monoisotopic (exact) mass is 437 g/mol. The van der Waals surface area contributed by atoms with Crippen LogP contribution in [-0.2, 0) is 4.74 Å². The number of morpholine rings is 1. The van der Waals surface area contributed by atoms with E-state index in [1.807, 2.05) is 11.8 Å². The highest BCUT2D eigenvalue weighted by molar-refractivity contribution is 7.99. The summed E-state index contributed by atoms with van der Waals surface area (Å²) in [6, 6.07) is 16.5. The quantitative estimate of drug-likeness (QED) is 0.579. The Bertz CT molecular complexity index is 875. The van der Waals surface area contributed by atoms with Crippen molar-refractivity contribution in [3.8, 4) is 0 Å². The van der Waals surface area contributed by atoms with Gasteiger partial charge in [-0.1, -0.05) is 30.0 Å². The minimum Gasteiger partial charge on any atom is -0.379 e. The molecular formula is C26H35N3OS. The smallest absolute Gasteiger partial charge is 0.0594 e. The second kappa shape index (κ2) is 9.95. The summed E-state index contributed by atoms with van der Waals surface area (Å²) in [4.78, 5) is 10.7. The Morgan fingerprint density at radius 3 is 2.45 bits per heavy atom. The highest BCUT2D eigenvalue weighted by Crippen LogP contribution is 2.48. The summed E-state index contributed by atoms with van der Waals surface area (Å²) < 4.78 is 5.52. The van der Waals surface area contributed by atoms with Gasteiger partial charge in [0, 0.05) is 35.5 Å². The van der Waals surface area contributed by atoms with Crippen LogP contribution >= 0.6 is 11.8 Å².